The Balaban J connectivity index is 0.00000101. The van der Waals surface area contributed by atoms with Crippen LogP contribution in [0.4, 0.5) is 0 Å². The third-order valence-corrected chi connectivity index (χ3v) is 3.44. The summed E-state index contributed by atoms with van der Waals surface area (Å²) >= 11 is 10.5. The van der Waals surface area contributed by atoms with E-state index in [-0.39, 0.29) is 17.7 Å². The van der Waals surface area contributed by atoms with E-state index in [2.05, 4.69) is 0 Å². The van der Waals surface area contributed by atoms with E-state index in [1.165, 1.54) is 0 Å². The van der Waals surface area contributed by atoms with Crippen molar-refractivity contribution in [3.8, 4) is 0 Å². The fraction of sp³-hybridized carbons (Fsp3) is 0.444. The Hall–Kier alpha value is -1.56. The first-order valence-electron chi connectivity index (χ1n) is 7.83. The summed E-state index contributed by atoms with van der Waals surface area (Å²) in [5.41, 5.74) is 3.00. The van der Waals surface area contributed by atoms with Crippen molar-refractivity contribution in [3.63, 3.8) is 0 Å². The van der Waals surface area contributed by atoms with Crippen molar-refractivity contribution in [1.29, 1.82) is 0 Å². The number of hydrogen-bond acceptors (Lipinski definition) is 3. The van der Waals surface area contributed by atoms with Crippen molar-refractivity contribution in [2.45, 2.75) is 20.8 Å². The summed E-state index contributed by atoms with van der Waals surface area (Å²) in [6.45, 7) is 7.58. The second-order valence-electron chi connectivity index (χ2n) is 5.12. The predicted molar refractivity (Wildman–Crippen MR) is 102 cm³/mol. The topological polar surface area (TPSA) is 66.8 Å². The summed E-state index contributed by atoms with van der Waals surface area (Å²) in [6, 6.07) is 9.88. The molecule has 0 aliphatic heterocycles. The largest absolute Gasteiger partial charge is 0.480 e. The van der Waals surface area contributed by atoms with Crippen LogP contribution >= 0.6 is 23.2 Å². The first-order valence-corrected chi connectivity index (χ1v) is 8.90. The average molecular weight is 390 g/mol. The number of halogens is 2. The van der Waals surface area contributed by atoms with Gasteiger partial charge in [-0.05, 0) is 26.3 Å². The number of ether oxygens (including phenoxy) is 1. The standard InChI is InChI=1S/C16H22ClNO2.C2H3ClO2/c1-4-20-11-10-18(15(19)12-17)16(13(2)3)14-8-6-5-7-9-14;3-1-2(4)5/h5-9H,4,10-12H2,1-3H3;1H2,(H,4,5). The minimum absolute atomic E-state index is 0.0320. The number of nitrogens with zero attached hydrogens (tertiary/aromatic N) is 1. The Morgan fingerprint density at radius 3 is 2.08 bits per heavy atom. The third-order valence-electron chi connectivity index (χ3n) is 2.98. The van der Waals surface area contributed by atoms with Gasteiger partial charge in [-0.1, -0.05) is 35.9 Å². The molecule has 1 rings (SSSR count). The van der Waals surface area contributed by atoms with E-state index in [1.54, 1.807) is 4.90 Å². The molecule has 0 spiro atoms. The van der Waals surface area contributed by atoms with Crippen molar-refractivity contribution in [2.24, 2.45) is 0 Å². The van der Waals surface area contributed by atoms with Gasteiger partial charge >= 0.3 is 5.97 Å². The first kappa shape index (κ1) is 23.4. The third kappa shape index (κ3) is 9.48. The minimum atomic E-state index is -0.980. The second kappa shape index (κ2) is 13.7. The Bertz CT molecular complexity index is 557. The molecular weight excluding hydrogens is 365 g/mol. The highest BCUT2D eigenvalue weighted by atomic mass is 35.5. The number of carbonyl (C=O) groups excluding carboxylic acids is 1. The molecule has 0 saturated heterocycles. The number of hydrogen-bond donors (Lipinski definition) is 1. The molecule has 0 aliphatic rings. The van der Waals surface area contributed by atoms with Gasteiger partial charge in [0, 0.05) is 18.8 Å². The number of rotatable bonds is 8. The molecule has 7 heteroatoms. The summed E-state index contributed by atoms with van der Waals surface area (Å²) in [5, 5.41) is 7.59. The number of allylic oxidation sites excluding steroid dienone is 1. The minimum Gasteiger partial charge on any atom is -0.480 e. The van der Waals surface area contributed by atoms with Crippen LogP contribution in [0.5, 0.6) is 0 Å². The fourth-order valence-corrected chi connectivity index (χ4v) is 2.19. The second-order valence-corrected chi connectivity index (χ2v) is 5.65. The van der Waals surface area contributed by atoms with Gasteiger partial charge in [0.15, 0.2) is 0 Å². The van der Waals surface area contributed by atoms with Crippen LogP contribution in [-0.2, 0) is 14.3 Å². The highest BCUT2D eigenvalue weighted by Gasteiger charge is 2.19. The molecule has 1 aromatic rings. The van der Waals surface area contributed by atoms with E-state index in [0.717, 1.165) is 16.8 Å². The van der Waals surface area contributed by atoms with E-state index in [4.69, 9.17) is 33.0 Å². The van der Waals surface area contributed by atoms with Crippen LogP contribution in [0.25, 0.3) is 5.70 Å². The molecule has 0 saturated carbocycles. The van der Waals surface area contributed by atoms with Gasteiger partial charge in [0.2, 0.25) is 5.91 Å². The lowest BCUT2D eigenvalue weighted by Crippen LogP contribution is -2.34. The number of amides is 1. The number of carbonyl (C=O) groups is 2. The Morgan fingerprint density at radius 1 is 1.12 bits per heavy atom. The van der Waals surface area contributed by atoms with Crippen LogP contribution in [0.3, 0.4) is 0 Å². The zero-order chi connectivity index (χ0) is 19.2. The van der Waals surface area contributed by atoms with Gasteiger partial charge in [-0.15, -0.1) is 23.2 Å². The number of alkyl halides is 2. The molecule has 0 bridgehead atoms. The van der Waals surface area contributed by atoms with Crippen LogP contribution < -0.4 is 0 Å². The van der Waals surface area contributed by atoms with Crippen LogP contribution in [0, 0.1) is 0 Å². The molecule has 0 aliphatic carbocycles. The van der Waals surface area contributed by atoms with Gasteiger partial charge in [-0.2, -0.15) is 0 Å². The van der Waals surface area contributed by atoms with Crippen molar-refractivity contribution in [1.82, 2.24) is 4.90 Å². The summed E-state index contributed by atoms with van der Waals surface area (Å²) in [4.78, 5) is 23.1. The predicted octanol–water partition coefficient (Wildman–Crippen LogP) is 3.85. The molecule has 0 fully saturated rings. The zero-order valence-corrected chi connectivity index (χ0v) is 16.3. The van der Waals surface area contributed by atoms with Crippen molar-refractivity contribution < 1.29 is 19.4 Å². The molecular formula is C18H25Cl2NO4. The van der Waals surface area contributed by atoms with Gasteiger partial charge in [-0.3, -0.25) is 9.59 Å². The molecule has 25 heavy (non-hydrogen) atoms. The summed E-state index contributed by atoms with van der Waals surface area (Å²) in [5.74, 6) is -1.42. The lowest BCUT2D eigenvalue weighted by molar-refractivity contribution is -0.134. The normalized spacial score (nSPS) is 9.64. The van der Waals surface area contributed by atoms with Crippen LogP contribution in [0.2, 0.25) is 0 Å². The van der Waals surface area contributed by atoms with E-state index in [1.807, 2.05) is 51.1 Å². The van der Waals surface area contributed by atoms with Gasteiger partial charge < -0.3 is 14.7 Å². The Morgan fingerprint density at radius 2 is 1.68 bits per heavy atom. The molecule has 5 nitrogen and oxygen atoms in total. The molecule has 140 valence electrons. The zero-order valence-electron chi connectivity index (χ0n) is 14.8. The molecule has 0 aromatic heterocycles. The summed E-state index contributed by atoms with van der Waals surface area (Å²) in [6.07, 6.45) is 0. The van der Waals surface area contributed by atoms with E-state index in [9.17, 15) is 9.59 Å². The van der Waals surface area contributed by atoms with Crippen molar-refractivity contribution in [2.75, 3.05) is 31.5 Å². The summed E-state index contributed by atoms with van der Waals surface area (Å²) in [7, 11) is 0. The van der Waals surface area contributed by atoms with E-state index in [0.29, 0.717) is 19.8 Å². The molecule has 0 heterocycles. The maximum atomic E-state index is 12.1. The van der Waals surface area contributed by atoms with Gasteiger partial charge in [0.1, 0.15) is 11.8 Å². The molecule has 0 radical (unpaired) electrons. The van der Waals surface area contributed by atoms with Crippen LogP contribution in [0.1, 0.15) is 26.3 Å². The average Bonchev–Trinajstić information content (AvgIpc) is 2.61. The van der Waals surface area contributed by atoms with E-state index < -0.39 is 5.97 Å². The molecule has 0 unspecified atom stereocenters. The maximum absolute atomic E-state index is 12.1. The van der Waals surface area contributed by atoms with Gasteiger partial charge in [0.25, 0.3) is 0 Å². The van der Waals surface area contributed by atoms with E-state index >= 15 is 0 Å². The fourth-order valence-electron chi connectivity index (χ4n) is 2.04. The van der Waals surface area contributed by atoms with Gasteiger partial charge in [-0.25, -0.2) is 0 Å². The smallest absolute Gasteiger partial charge is 0.318 e. The molecule has 1 amide bonds. The highest BCUT2D eigenvalue weighted by Crippen LogP contribution is 2.23. The lowest BCUT2D eigenvalue weighted by Gasteiger charge is -2.26. The lowest BCUT2D eigenvalue weighted by atomic mass is 10.1. The number of carboxylic acids is 1. The highest BCUT2D eigenvalue weighted by molar-refractivity contribution is 6.27. The number of benzene rings is 1. The van der Waals surface area contributed by atoms with Crippen LogP contribution in [0.15, 0.2) is 35.9 Å². The molecule has 0 atom stereocenters. The van der Waals surface area contributed by atoms with Crippen molar-refractivity contribution >= 4 is 40.8 Å². The quantitative estimate of drug-likeness (QED) is 0.541. The SMILES string of the molecule is CCOCCN(C(=O)CCl)C(=C(C)C)c1ccccc1.O=C(O)CCl. The maximum Gasteiger partial charge on any atom is 0.318 e. The van der Waals surface area contributed by atoms with Crippen LogP contribution in [-0.4, -0.2) is 53.4 Å². The number of aliphatic carboxylic acids is 1. The summed E-state index contributed by atoms with van der Waals surface area (Å²) < 4.78 is 5.36. The Kier molecular flexibility index (Phi) is 12.8. The first-order chi connectivity index (χ1) is 11.9. The molecule has 1 N–H and O–H groups in total. The molecule has 1 aromatic carbocycles. The monoisotopic (exact) mass is 389 g/mol. The van der Waals surface area contributed by atoms with Gasteiger partial charge in [0.05, 0.1) is 6.61 Å². The van der Waals surface area contributed by atoms with Crippen molar-refractivity contribution in [3.05, 3.63) is 41.5 Å². The Labute approximate surface area is 159 Å². The number of carboxylic acid groups (broad SMARTS) is 1.